The standard InChI is InChI=1S/C19H29NO4/c1-3-19(21)16-4-6-17(7-5-16)24-18-8-10-20(11-9-18)12-13-23-15-14-22-2/h4-7,18H,3,8-15H2,1-2H3. The molecule has 0 atom stereocenters. The van der Waals surface area contributed by atoms with Crippen molar-refractivity contribution in [1.29, 1.82) is 0 Å². The number of carbonyl (C=O) groups excluding carboxylic acids is 1. The number of rotatable bonds is 10. The molecular weight excluding hydrogens is 306 g/mol. The average Bonchev–Trinajstić information content (AvgIpc) is 2.63. The second kappa shape index (κ2) is 10.4. The number of nitrogens with zero attached hydrogens (tertiary/aromatic N) is 1. The predicted molar refractivity (Wildman–Crippen MR) is 93.8 cm³/mol. The summed E-state index contributed by atoms with van der Waals surface area (Å²) in [5.41, 5.74) is 0.758. The number of ketones is 1. The molecule has 0 amide bonds. The molecule has 1 heterocycles. The Hall–Kier alpha value is -1.43. The van der Waals surface area contributed by atoms with Crippen molar-refractivity contribution in [3.63, 3.8) is 0 Å². The summed E-state index contributed by atoms with van der Waals surface area (Å²) in [7, 11) is 1.68. The summed E-state index contributed by atoms with van der Waals surface area (Å²) in [5, 5.41) is 0. The number of likely N-dealkylation sites (tertiary alicyclic amines) is 1. The highest BCUT2D eigenvalue weighted by Crippen LogP contribution is 2.20. The topological polar surface area (TPSA) is 48.0 Å². The molecule has 5 nitrogen and oxygen atoms in total. The minimum absolute atomic E-state index is 0.169. The third kappa shape index (κ3) is 6.23. The molecule has 1 aliphatic rings. The smallest absolute Gasteiger partial charge is 0.162 e. The van der Waals surface area contributed by atoms with E-state index in [-0.39, 0.29) is 11.9 Å². The zero-order valence-electron chi connectivity index (χ0n) is 14.8. The number of benzene rings is 1. The Bertz CT molecular complexity index is 481. The van der Waals surface area contributed by atoms with Crippen molar-refractivity contribution < 1.29 is 19.0 Å². The van der Waals surface area contributed by atoms with Crippen molar-refractivity contribution in [1.82, 2.24) is 4.90 Å². The Balaban J connectivity index is 1.66. The van der Waals surface area contributed by atoms with Crippen LogP contribution in [0, 0.1) is 0 Å². The molecule has 0 aromatic heterocycles. The lowest BCUT2D eigenvalue weighted by Gasteiger charge is -2.32. The van der Waals surface area contributed by atoms with Crippen LogP contribution in [0.5, 0.6) is 5.75 Å². The second-order valence-electron chi connectivity index (χ2n) is 6.07. The fraction of sp³-hybridized carbons (Fsp3) is 0.632. The molecular formula is C19H29NO4. The molecule has 0 N–H and O–H groups in total. The molecule has 24 heavy (non-hydrogen) atoms. The molecule has 0 aliphatic carbocycles. The van der Waals surface area contributed by atoms with Gasteiger partial charge in [-0.25, -0.2) is 0 Å². The maximum atomic E-state index is 11.6. The molecule has 0 saturated carbocycles. The first-order chi connectivity index (χ1) is 11.7. The van der Waals surface area contributed by atoms with Crippen LogP contribution in [0.15, 0.2) is 24.3 Å². The lowest BCUT2D eigenvalue weighted by atomic mass is 10.1. The highest BCUT2D eigenvalue weighted by atomic mass is 16.5. The van der Waals surface area contributed by atoms with Crippen LogP contribution in [0.1, 0.15) is 36.5 Å². The van der Waals surface area contributed by atoms with E-state index in [4.69, 9.17) is 14.2 Å². The molecule has 0 unspecified atom stereocenters. The third-order valence-electron chi connectivity index (χ3n) is 4.32. The van der Waals surface area contributed by atoms with Crippen LogP contribution in [0.25, 0.3) is 0 Å². The van der Waals surface area contributed by atoms with E-state index in [0.29, 0.717) is 19.6 Å². The van der Waals surface area contributed by atoms with E-state index in [1.165, 1.54) is 0 Å². The van der Waals surface area contributed by atoms with E-state index in [0.717, 1.165) is 50.4 Å². The lowest BCUT2D eigenvalue weighted by molar-refractivity contribution is 0.0424. The lowest BCUT2D eigenvalue weighted by Crippen LogP contribution is -2.39. The van der Waals surface area contributed by atoms with Gasteiger partial charge in [-0.15, -0.1) is 0 Å². The van der Waals surface area contributed by atoms with Gasteiger partial charge in [0.15, 0.2) is 5.78 Å². The van der Waals surface area contributed by atoms with E-state index in [9.17, 15) is 4.79 Å². The van der Waals surface area contributed by atoms with Gasteiger partial charge >= 0.3 is 0 Å². The van der Waals surface area contributed by atoms with E-state index in [2.05, 4.69) is 4.90 Å². The number of hydrogen-bond donors (Lipinski definition) is 0. The summed E-state index contributed by atoms with van der Waals surface area (Å²) in [6.07, 6.45) is 2.83. The molecule has 1 aromatic carbocycles. The number of methoxy groups -OCH3 is 1. The van der Waals surface area contributed by atoms with Gasteiger partial charge < -0.3 is 19.1 Å². The molecule has 0 radical (unpaired) electrons. The van der Waals surface area contributed by atoms with Crippen LogP contribution in [-0.2, 0) is 9.47 Å². The van der Waals surface area contributed by atoms with Crippen LogP contribution < -0.4 is 4.74 Å². The Morgan fingerprint density at radius 1 is 1.12 bits per heavy atom. The molecule has 0 bridgehead atoms. The van der Waals surface area contributed by atoms with Gasteiger partial charge in [0.1, 0.15) is 11.9 Å². The van der Waals surface area contributed by atoms with Crippen molar-refractivity contribution in [3.05, 3.63) is 29.8 Å². The van der Waals surface area contributed by atoms with Crippen LogP contribution >= 0.6 is 0 Å². The first kappa shape index (κ1) is 18.9. The first-order valence-electron chi connectivity index (χ1n) is 8.82. The van der Waals surface area contributed by atoms with Crippen LogP contribution in [-0.4, -0.2) is 63.4 Å². The van der Waals surface area contributed by atoms with Gasteiger partial charge in [0.2, 0.25) is 0 Å². The van der Waals surface area contributed by atoms with E-state index in [1.54, 1.807) is 7.11 Å². The molecule has 5 heteroatoms. The summed E-state index contributed by atoms with van der Waals surface area (Å²) in [5.74, 6) is 1.02. The maximum Gasteiger partial charge on any atom is 0.162 e. The molecule has 0 spiro atoms. The van der Waals surface area contributed by atoms with Gasteiger partial charge in [-0.05, 0) is 37.1 Å². The van der Waals surface area contributed by atoms with Gasteiger partial charge in [-0.1, -0.05) is 6.92 Å². The van der Waals surface area contributed by atoms with Crippen molar-refractivity contribution in [3.8, 4) is 5.75 Å². The monoisotopic (exact) mass is 335 g/mol. The highest BCUT2D eigenvalue weighted by Gasteiger charge is 2.20. The van der Waals surface area contributed by atoms with Gasteiger partial charge in [-0.2, -0.15) is 0 Å². The predicted octanol–water partition coefficient (Wildman–Crippen LogP) is 2.79. The minimum atomic E-state index is 0.169. The van der Waals surface area contributed by atoms with Crippen LogP contribution in [0.3, 0.4) is 0 Å². The summed E-state index contributed by atoms with van der Waals surface area (Å²) in [6, 6.07) is 7.51. The van der Waals surface area contributed by atoms with Crippen molar-refractivity contribution in [2.45, 2.75) is 32.3 Å². The Labute approximate surface area is 144 Å². The molecule has 1 fully saturated rings. The largest absolute Gasteiger partial charge is 0.490 e. The van der Waals surface area contributed by atoms with Gasteiger partial charge in [-0.3, -0.25) is 4.79 Å². The fourth-order valence-corrected chi connectivity index (χ4v) is 2.80. The number of hydrogen-bond acceptors (Lipinski definition) is 5. The molecule has 2 rings (SSSR count). The van der Waals surface area contributed by atoms with E-state index in [1.807, 2.05) is 31.2 Å². The zero-order valence-corrected chi connectivity index (χ0v) is 14.8. The maximum absolute atomic E-state index is 11.6. The molecule has 1 saturated heterocycles. The summed E-state index contributed by atoms with van der Waals surface area (Å²) in [6.45, 7) is 6.97. The van der Waals surface area contributed by atoms with Crippen LogP contribution in [0.2, 0.25) is 0 Å². The fourth-order valence-electron chi connectivity index (χ4n) is 2.80. The Kier molecular flexibility index (Phi) is 8.22. The Morgan fingerprint density at radius 2 is 1.83 bits per heavy atom. The van der Waals surface area contributed by atoms with E-state index < -0.39 is 0 Å². The van der Waals surface area contributed by atoms with E-state index >= 15 is 0 Å². The quantitative estimate of drug-likeness (QED) is 0.486. The number of Topliss-reactive ketones (excluding diaryl/α,β-unsaturated/α-hetero) is 1. The molecule has 1 aliphatic heterocycles. The normalized spacial score (nSPS) is 16.2. The second-order valence-corrected chi connectivity index (χ2v) is 6.07. The zero-order chi connectivity index (χ0) is 17.2. The summed E-state index contributed by atoms with van der Waals surface area (Å²) in [4.78, 5) is 14.0. The van der Waals surface area contributed by atoms with Gasteiger partial charge in [0.25, 0.3) is 0 Å². The van der Waals surface area contributed by atoms with Gasteiger partial charge in [0, 0.05) is 38.7 Å². The average molecular weight is 335 g/mol. The summed E-state index contributed by atoms with van der Waals surface area (Å²) < 4.78 is 16.5. The molecule has 1 aromatic rings. The van der Waals surface area contributed by atoms with Crippen molar-refractivity contribution in [2.24, 2.45) is 0 Å². The number of carbonyl (C=O) groups is 1. The Morgan fingerprint density at radius 3 is 2.46 bits per heavy atom. The van der Waals surface area contributed by atoms with Crippen molar-refractivity contribution >= 4 is 5.78 Å². The SMILES string of the molecule is CCC(=O)c1ccc(OC2CCN(CCOCCOC)CC2)cc1. The highest BCUT2D eigenvalue weighted by molar-refractivity contribution is 5.95. The minimum Gasteiger partial charge on any atom is -0.490 e. The number of ether oxygens (including phenoxy) is 3. The third-order valence-corrected chi connectivity index (χ3v) is 4.32. The number of piperidine rings is 1. The van der Waals surface area contributed by atoms with Crippen LogP contribution in [0.4, 0.5) is 0 Å². The first-order valence-corrected chi connectivity index (χ1v) is 8.82. The molecule has 134 valence electrons. The van der Waals surface area contributed by atoms with Crippen molar-refractivity contribution in [2.75, 3.05) is 46.6 Å². The van der Waals surface area contributed by atoms with Gasteiger partial charge in [0.05, 0.1) is 19.8 Å². The summed E-state index contributed by atoms with van der Waals surface area (Å²) >= 11 is 0.